The molecule has 0 aromatic carbocycles. The zero-order valence-electron chi connectivity index (χ0n) is 15.9. The van der Waals surface area contributed by atoms with Crippen molar-refractivity contribution >= 4 is 5.91 Å². The Morgan fingerprint density at radius 1 is 1.22 bits per heavy atom. The number of piperidine rings is 1. The molecule has 4 heterocycles. The lowest BCUT2D eigenvalue weighted by atomic mass is 9.76. The van der Waals surface area contributed by atoms with Gasteiger partial charge in [0.25, 0.3) is 11.5 Å². The zero-order valence-corrected chi connectivity index (χ0v) is 15.9. The summed E-state index contributed by atoms with van der Waals surface area (Å²) in [5.41, 5.74) is 1.75. The smallest absolute Gasteiger partial charge is 0.255 e. The van der Waals surface area contributed by atoms with Crippen molar-refractivity contribution in [1.82, 2.24) is 19.7 Å². The van der Waals surface area contributed by atoms with Crippen molar-refractivity contribution in [3.8, 4) is 0 Å². The molecule has 1 fully saturated rings. The van der Waals surface area contributed by atoms with Gasteiger partial charge >= 0.3 is 0 Å². The molecular formula is C21H26N4O2. The first-order chi connectivity index (χ1) is 13.0. The van der Waals surface area contributed by atoms with Crippen molar-refractivity contribution in [2.24, 2.45) is 11.8 Å². The van der Waals surface area contributed by atoms with Gasteiger partial charge in [0.05, 0.1) is 18.0 Å². The molecule has 142 valence electrons. The van der Waals surface area contributed by atoms with Crippen LogP contribution in [-0.2, 0) is 0 Å². The summed E-state index contributed by atoms with van der Waals surface area (Å²) in [6.45, 7) is 5.78. The Morgan fingerprint density at radius 3 is 2.81 bits per heavy atom. The highest BCUT2D eigenvalue weighted by Crippen LogP contribution is 2.43. The standard InChI is InChI=1S/C21H26N4O2/c1-14(2)6-7-19-17-10-16(18-4-3-5-20(26)25(18)19)12-24(13-17)21(27)15-8-9-22-23-11-15/h3-5,8-9,11,14,16-17,19H,6-7,10,12-13H2,1-2H3/t16-,17+,19+/m1/s1. The number of hydrogen-bond donors (Lipinski definition) is 0. The van der Waals surface area contributed by atoms with Gasteiger partial charge in [-0.3, -0.25) is 9.59 Å². The van der Waals surface area contributed by atoms with Crippen LogP contribution < -0.4 is 5.56 Å². The van der Waals surface area contributed by atoms with E-state index in [1.165, 1.54) is 6.20 Å². The number of nitrogens with zero attached hydrogens (tertiary/aromatic N) is 4. The summed E-state index contributed by atoms with van der Waals surface area (Å²) in [4.78, 5) is 27.6. The van der Waals surface area contributed by atoms with Gasteiger partial charge in [0.2, 0.25) is 0 Å². The predicted molar refractivity (Wildman–Crippen MR) is 103 cm³/mol. The molecular weight excluding hydrogens is 340 g/mol. The van der Waals surface area contributed by atoms with Crippen molar-refractivity contribution in [3.63, 3.8) is 0 Å². The van der Waals surface area contributed by atoms with Gasteiger partial charge in [-0.25, -0.2) is 0 Å². The van der Waals surface area contributed by atoms with Gasteiger partial charge < -0.3 is 9.47 Å². The summed E-state index contributed by atoms with van der Waals surface area (Å²) >= 11 is 0. The monoisotopic (exact) mass is 366 g/mol. The number of rotatable bonds is 4. The Balaban J connectivity index is 1.67. The van der Waals surface area contributed by atoms with E-state index in [0.717, 1.165) is 25.0 Å². The van der Waals surface area contributed by atoms with Crippen LogP contribution in [0.1, 0.15) is 61.1 Å². The van der Waals surface area contributed by atoms with Crippen LogP contribution in [0, 0.1) is 11.8 Å². The minimum absolute atomic E-state index is 0.00828. The van der Waals surface area contributed by atoms with E-state index in [0.29, 0.717) is 30.5 Å². The van der Waals surface area contributed by atoms with Crippen LogP contribution >= 0.6 is 0 Å². The number of amides is 1. The van der Waals surface area contributed by atoms with Gasteiger partial charge in [-0.05, 0) is 43.2 Å². The highest BCUT2D eigenvalue weighted by molar-refractivity contribution is 5.93. The molecule has 6 heteroatoms. The number of hydrogen-bond acceptors (Lipinski definition) is 4. The number of aromatic nitrogens is 3. The predicted octanol–water partition coefficient (Wildman–Crippen LogP) is 2.88. The molecule has 2 aliphatic heterocycles. The Labute approximate surface area is 159 Å². The van der Waals surface area contributed by atoms with Crippen molar-refractivity contribution in [3.05, 3.63) is 58.3 Å². The molecule has 2 bridgehead atoms. The van der Waals surface area contributed by atoms with Crippen LogP contribution in [0.15, 0.2) is 41.5 Å². The van der Waals surface area contributed by atoms with Gasteiger partial charge in [0.15, 0.2) is 0 Å². The van der Waals surface area contributed by atoms with Crippen molar-refractivity contribution < 1.29 is 4.79 Å². The molecule has 2 aromatic rings. The molecule has 0 unspecified atom stereocenters. The summed E-state index contributed by atoms with van der Waals surface area (Å²) in [5, 5.41) is 7.60. The van der Waals surface area contributed by atoms with E-state index in [9.17, 15) is 9.59 Å². The van der Waals surface area contributed by atoms with Crippen LogP contribution in [0.5, 0.6) is 0 Å². The number of carbonyl (C=O) groups is 1. The fraction of sp³-hybridized carbons (Fsp3) is 0.524. The lowest BCUT2D eigenvalue weighted by Crippen LogP contribution is -2.51. The third-order valence-corrected chi connectivity index (χ3v) is 5.96. The Bertz CT molecular complexity index is 877. The fourth-order valence-corrected chi connectivity index (χ4v) is 4.68. The number of carbonyl (C=O) groups excluding carboxylic acids is 1. The van der Waals surface area contributed by atoms with Crippen LogP contribution in [0.3, 0.4) is 0 Å². The first-order valence-electron chi connectivity index (χ1n) is 9.82. The van der Waals surface area contributed by atoms with Crippen molar-refractivity contribution in [1.29, 1.82) is 0 Å². The molecule has 0 radical (unpaired) electrons. The molecule has 0 spiro atoms. The second-order valence-corrected chi connectivity index (χ2v) is 8.23. The van der Waals surface area contributed by atoms with Gasteiger partial charge in [-0.1, -0.05) is 19.9 Å². The van der Waals surface area contributed by atoms with E-state index in [1.54, 1.807) is 18.3 Å². The summed E-state index contributed by atoms with van der Waals surface area (Å²) in [5.74, 6) is 1.13. The van der Waals surface area contributed by atoms with Crippen LogP contribution in [-0.4, -0.2) is 38.7 Å². The van der Waals surface area contributed by atoms with Gasteiger partial charge in [-0.2, -0.15) is 10.2 Å². The molecule has 6 nitrogen and oxygen atoms in total. The molecule has 4 rings (SSSR count). The minimum Gasteiger partial charge on any atom is -0.338 e. The van der Waals surface area contributed by atoms with Gasteiger partial charge in [-0.15, -0.1) is 0 Å². The number of fused-ring (bicyclic) bond motifs is 4. The molecule has 1 amide bonds. The minimum atomic E-state index is 0.00828. The molecule has 1 saturated heterocycles. The lowest BCUT2D eigenvalue weighted by molar-refractivity contribution is 0.0513. The van der Waals surface area contributed by atoms with E-state index in [2.05, 4.69) is 30.1 Å². The Kier molecular flexibility index (Phi) is 4.81. The molecule has 3 atom stereocenters. The largest absolute Gasteiger partial charge is 0.338 e. The average molecular weight is 366 g/mol. The normalized spacial score (nSPS) is 24.0. The SMILES string of the molecule is CC(C)CC[C@H]1[C@H]2C[C@H](CN(C(=O)c3ccnnc3)C2)c2cccc(=O)n21. The summed E-state index contributed by atoms with van der Waals surface area (Å²) in [7, 11) is 0. The molecule has 0 saturated carbocycles. The third-order valence-electron chi connectivity index (χ3n) is 5.96. The maximum atomic E-state index is 13.0. The maximum absolute atomic E-state index is 13.0. The third kappa shape index (κ3) is 3.40. The van der Waals surface area contributed by atoms with Gasteiger partial charge in [0, 0.05) is 36.8 Å². The Hall–Kier alpha value is -2.50. The van der Waals surface area contributed by atoms with Crippen molar-refractivity contribution in [2.45, 2.75) is 45.1 Å². The summed E-state index contributed by atoms with van der Waals surface area (Å²) in [6, 6.07) is 7.46. The first-order valence-corrected chi connectivity index (χ1v) is 9.82. The first kappa shape index (κ1) is 17.9. The molecule has 0 N–H and O–H groups in total. The van der Waals surface area contributed by atoms with E-state index < -0.39 is 0 Å². The quantitative estimate of drug-likeness (QED) is 0.834. The topological polar surface area (TPSA) is 68.1 Å². The van der Waals surface area contributed by atoms with Crippen molar-refractivity contribution in [2.75, 3.05) is 13.1 Å². The fourth-order valence-electron chi connectivity index (χ4n) is 4.68. The molecule has 0 aliphatic carbocycles. The van der Waals surface area contributed by atoms with E-state index in [4.69, 9.17) is 0 Å². The summed E-state index contributed by atoms with van der Waals surface area (Å²) < 4.78 is 2.02. The molecule has 27 heavy (non-hydrogen) atoms. The van der Waals surface area contributed by atoms with Gasteiger partial charge in [0.1, 0.15) is 0 Å². The van der Waals surface area contributed by atoms with Crippen LogP contribution in [0.25, 0.3) is 0 Å². The summed E-state index contributed by atoms with van der Waals surface area (Å²) in [6.07, 6.45) is 6.18. The number of likely N-dealkylation sites (tertiary alicyclic amines) is 1. The highest BCUT2D eigenvalue weighted by Gasteiger charge is 2.41. The molecule has 2 aliphatic rings. The molecule has 2 aromatic heterocycles. The van der Waals surface area contributed by atoms with Crippen LogP contribution in [0.4, 0.5) is 0 Å². The van der Waals surface area contributed by atoms with E-state index >= 15 is 0 Å². The maximum Gasteiger partial charge on any atom is 0.255 e. The lowest BCUT2D eigenvalue weighted by Gasteiger charge is -2.47. The van der Waals surface area contributed by atoms with E-state index in [-0.39, 0.29) is 23.4 Å². The second-order valence-electron chi connectivity index (χ2n) is 8.23. The van der Waals surface area contributed by atoms with Crippen LogP contribution in [0.2, 0.25) is 0 Å². The Morgan fingerprint density at radius 2 is 2.07 bits per heavy atom. The highest BCUT2D eigenvalue weighted by atomic mass is 16.2. The second kappa shape index (κ2) is 7.25. The number of pyridine rings is 1. The zero-order chi connectivity index (χ0) is 19.0. The average Bonchev–Trinajstić information content (AvgIpc) is 2.68. The van der Waals surface area contributed by atoms with E-state index in [1.807, 2.05) is 15.5 Å².